The van der Waals surface area contributed by atoms with Crippen LogP contribution in [0.25, 0.3) is 0 Å². The predicted octanol–water partition coefficient (Wildman–Crippen LogP) is 2.66. The summed E-state index contributed by atoms with van der Waals surface area (Å²) in [5.74, 6) is 1.71. The normalized spacial score (nSPS) is 30.0. The Balaban J connectivity index is 1.64. The summed E-state index contributed by atoms with van der Waals surface area (Å²) in [6, 6.07) is 0. The molecule has 0 aromatic heterocycles. The molecule has 2 heteroatoms. The van der Waals surface area contributed by atoms with Crippen LogP contribution in [0.4, 0.5) is 0 Å². The highest BCUT2D eigenvalue weighted by atomic mass is 16.3. The van der Waals surface area contributed by atoms with E-state index in [4.69, 9.17) is 0 Å². The SMILES string of the molecule is CCC1CCN(CC(O)CC2CCCC2)C1. The molecule has 1 saturated heterocycles. The number of likely N-dealkylation sites (tertiary alicyclic amines) is 1. The second kappa shape index (κ2) is 6.02. The Kier molecular flexibility index (Phi) is 4.66. The van der Waals surface area contributed by atoms with E-state index in [1.807, 2.05) is 0 Å². The minimum absolute atomic E-state index is 0.0706. The van der Waals surface area contributed by atoms with E-state index in [-0.39, 0.29) is 6.10 Å². The molecule has 2 fully saturated rings. The van der Waals surface area contributed by atoms with Gasteiger partial charge in [-0.3, -0.25) is 0 Å². The summed E-state index contributed by atoms with van der Waals surface area (Å²) in [5, 5.41) is 10.1. The maximum atomic E-state index is 10.1. The highest BCUT2D eigenvalue weighted by molar-refractivity contribution is 4.78. The minimum Gasteiger partial charge on any atom is -0.392 e. The molecule has 16 heavy (non-hydrogen) atoms. The lowest BCUT2D eigenvalue weighted by Gasteiger charge is -2.22. The molecule has 1 aliphatic carbocycles. The number of hydrogen-bond donors (Lipinski definition) is 1. The zero-order chi connectivity index (χ0) is 11.4. The average molecular weight is 225 g/mol. The first-order chi connectivity index (χ1) is 7.78. The van der Waals surface area contributed by atoms with Crippen LogP contribution in [0.1, 0.15) is 51.9 Å². The quantitative estimate of drug-likeness (QED) is 0.777. The van der Waals surface area contributed by atoms with Crippen LogP contribution in [0.5, 0.6) is 0 Å². The lowest BCUT2D eigenvalue weighted by atomic mass is 10.00. The van der Waals surface area contributed by atoms with Gasteiger partial charge in [0.2, 0.25) is 0 Å². The summed E-state index contributed by atoms with van der Waals surface area (Å²) in [7, 11) is 0. The molecule has 0 radical (unpaired) electrons. The molecule has 0 bridgehead atoms. The van der Waals surface area contributed by atoms with Gasteiger partial charge < -0.3 is 10.0 Å². The van der Waals surface area contributed by atoms with Gasteiger partial charge in [0.15, 0.2) is 0 Å². The molecule has 2 rings (SSSR count). The highest BCUT2D eigenvalue weighted by Crippen LogP contribution is 2.29. The van der Waals surface area contributed by atoms with Crippen molar-refractivity contribution in [3.05, 3.63) is 0 Å². The third-order valence-corrected chi connectivity index (χ3v) is 4.50. The fourth-order valence-corrected chi connectivity index (χ4v) is 3.42. The van der Waals surface area contributed by atoms with Crippen molar-refractivity contribution >= 4 is 0 Å². The van der Waals surface area contributed by atoms with Gasteiger partial charge in [0.1, 0.15) is 0 Å². The molecule has 2 nitrogen and oxygen atoms in total. The lowest BCUT2D eigenvalue weighted by molar-refractivity contribution is 0.0997. The van der Waals surface area contributed by atoms with Gasteiger partial charge in [-0.15, -0.1) is 0 Å². The molecule has 94 valence electrons. The first kappa shape index (κ1) is 12.4. The molecule has 1 heterocycles. The fourth-order valence-electron chi connectivity index (χ4n) is 3.42. The van der Waals surface area contributed by atoms with E-state index in [1.165, 1.54) is 51.6 Å². The van der Waals surface area contributed by atoms with Crippen molar-refractivity contribution in [1.82, 2.24) is 4.90 Å². The molecule has 2 atom stereocenters. The summed E-state index contributed by atoms with van der Waals surface area (Å²) in [4.78, 5) is 2.47. The lowest BCUT2D eigenvalue weighted by Crippen LogP contribution is -2.31. The molecule has 1 N–H and O–H groups in total. The second-order valence-corrected chi connectivity index (χ2v) is 5.86. The molecule has 0 aromatic carbocycles. The molecule has 1 saturated carbocycles. The van der Waals surface area contributed by atoms with E-state index in [2.05, 4.69) is 11.8 Å². The Bertz CT molecular complexity index is 201. The Morgan fingerprint density at radius 1 is 1.19 bits per heavy atom. The summed E-state index contributed by atoms with van der Waals surface area (Å²) < 4.78 is 0. The Morgan fingerprint density at radius 3 is 2.56 bits per heavy atom. The van der Waals surface area contributed by atoms with Crippen molar-refractivity contribution in [3.8, 4) is 0 Å². The summed E-state index contributed by atoms with van der Waals surface area (Å²) in [5.41, 5.74) is 0. The molecular formula is C14H27NO. The monoisotopic (exact) mass is 225 g/mol. The molecular weight excluding hydrogens is 198 g/mol. The van der Waals surface area contributed by atoms with Gasteiger partial charge in [0.25, 0.3) is 0 Å². The van der Waals surface area contributed by atoms with Crippen LogP contribution in [-0.4, -0.2) is 35.7 Å². The Hall–Kier alpha value is -0.0800. The van der Waals surface area contributed by atoms with Gasteiger partial charge in [0.05, 0.1) is 6.10 Å². The highest BCUT2D eigenvalue weighted by Gasteiger charge is 2.24. The average Bonchev–Trinajstić information content (AvgIpc) is 2.89. The van der Waals surface area contributed by atoms with E-state index in [0.717, 1.165) is 24.8 Å². The first-order valence-electron chi connectivity index (χ1n) is 7.18. The van der Waals surface area contributed by atoms with Crippen molar-refractivity contribution in [2.45, 2.75) is 58.0 Å². The number of aliphatic hydroxyl groups is 1. The molecule has 2 unspecified atom stereocenters. The number of aliphatic hydroxyl groups excluding tert-OH is 1. The van der Waals surface area contributed by atoms with E-state index >= 15 is 0 Å². The van der Waals surface area contributed by atoms with Crippen molar-refractivity contribution < 1.29 is 5.11 Å². The molecule has 0 spiro atoms. The topological polar surface area (TPSA) is 23.5 Å². The van der Waals surface area contributed by atoms with Crippen LogP contribution >= 0.6 is 0 Å². The van der Waals surface area contributed by atoms with Crippen molar-refractivity contribution in [1.29, 1.82) is 0 Å². The molecule has 0 aromatic rings. The summed E-state index contributed by atoms with van der Waals surface area (Å²) >= 11 is 0. The minimum atomic E-state index is -0.0706. The van der Waals surface area contributed by atoms with Crippen molar-refractivity contribution in [2.75, 3.05) is 19.6 Å². The van der Waals surface area contributed by atoms with Crippen LogP contribution in [-0.2, 0) is 0 Å². The van der Waals surface area contributed by atoms with E-state index in [0.29, 0.717) is 0 Å². The Morgan fingerprint density at radius 2 is 1.94 bits per heavy atom. The van der Waals surface area contributed by atoms with Crippen LogP contribution in [0.15, 0.2) is 0 Å². The standard InChI is InChI=1S/C14H27NO/c1-2-12-7-8-15(10-12)11-14(16)9-13-5-3-4-6-13/h12-14,16H,2-11H2,1H3. The number of rotatable bonds is 5. The van der Waals surface area contributed by atoms with Gasteiger partial charge in [-0.25, -0.2) is 0 Å². The summed E-state index contributed by atoms with van der Waals surface area (Å²) in [6.45, 7) is 5.63. The molecule has 2 aliphatic rings. The number of β-amino-alcohol motifs (C(OH)–C–C–N with tert-alkyl or cyclic N) is 1. The first-order valence-corrected chi connectivity index (χ1v) is 7.18. The van der Waals surface area contributed by atoms with Gasteiger partial charge in [-0.2, -0.15) is 0 Å². The largest absolute Gasteiger partial charge is 0.392 e. The fraction of sp³-hybridized carbons (Fsp3) is 1.00. The smallest absolute Gasteiger partial charge is 0.0669 e. The zero-order valence-corrected chi connectivity index (χ0v) is 10.7. The zero-order valence-electron chi connectivity index (χ0n) is 10.7. The van der Waals surface area contributed by atoms with E-state index in [9.17, 15) is 5.11 Å². The van der Waals surface area contributed by atoms with Gasteiger partial charge >= 0.3 is 0 Å². The number of hydrogen-bond acceptors (Lipinski definition) is 2. The van der Waals surface area contributed by atoms with Crippen LogP contribution in [0, 0.1) is 11.8 Å². The van der Waals surface area contributed by atoms with Crippen LogP contribution in [0.3, 0.4) is 0 Å². The predicted molar refractivity (Wildman–Crippen MR) is 67.4 cm³/mol. The molecule has 0 amide bonds. The summed E-state index contributed by atoms with van der Waals surface area (Å²) in [6.07, 6.45) is 9.11. The van der Waals surface area contributed by atoms with Crippen molar-refractivity contribution in [2.24, 2.45) is 11.8 Å². The van der Waals surface area contributed by atoms with E-state index < -0.39 is 0 Å². The Labute approximate surface area is 100 Å². The van der Waals surface area contributed by atoms with Gasteiger partial charge in [-0.05, 0) is 31.2 Å². The molecule has 1 aliphatic heterocycles. The third kappa shape index (κ3) is 3.46. The third-order valence-electron chi connectivity index (χ3n) is 4.50. The van der Waals surface area contributed by atoms with Crippen LogP contribution in [0.2, 0.25) is 0 Å². The van der Waals surface area contributed by atoms with Crippen LogP contribution < -0.4 is 0 Å². The van der Waals surface area contributed by atoms with Gasteiger partial charge in [-0.1, -0.05) is 39.0 Å². The van der Waals surface area contributed by atoms with Gasteiger partial charge in [0, 0.05) is 13.1 Å². The maximum Gasteiger partial charge on any atom is 0.0669 e. The van der Waals surface area contributed by atoms with E-state index in [1.54, 1.807) is 0 Å². The van der Waals surface area contributed by atoms with Crippen molar-refractivity contribution in [3.63, 3.8) is 0 Å². The maximum absolute atomic E-state index is 10.1. The number of nitrogens with zero attached hydrogens (tertiary/aromatic N) is 1. The second-order valence-electron chi connectivity index (χ2n) is 5.86.